The Bertz CT molecular complexity index is 852. The number of esters is 1. The third-order valence-corrected chi connectivity index (χ3v) is 3.90. The Labute approximate surface area is 145 Å². The average Bonchev–Trinajstić information content (AvgIpc) is 2.99. The molecule has 5 heteroatoms. The first-order valence-electron chi connectivity index (χ1n) is 7.70. The van der Waals surface area contributed by atoms with Crippen LogP contribution in [0.5, 0.6) is 5.88 Å². The van der Waals surface area contributed by atoms with Gasteiger partial charge in [0.1, 0.15) is 0 Å². The van der Waals surface area contributed by atoms with Crippen molar-refractivity contribution in [2.24, 2.45) is 0 Å². The van der Waals surface area contributed by atoms with Gasteiger partial charge in [-0.15, -0.1) is 0 Å². The lowest BCUT2D eigenvalue weighted by Crippen LogP contribution is -2.11. The van der Waals surface area contributed by atoms with E-state index in [4.69, 9.17) is 16.3 Å². The van der Waals surface area contributed by atoms with Gasteiger partial charge in [0.2, 0.25) is 5.88 Å². The predicted molar refractivity (Wildman–Crippen MR) is 94.1 cm³/mol. The molecule has 4 nitrogen and oxygen atoms in total. The number of hydrogen-bond donors (Lipinski definition) is 0. The summed E-state index contributed by atoms with van der Waals surface area (Å²) in [5.74, 6) is -0.0208. The molecule has 24 heavy (non-hydrogen) atoms. The van der Waals surface area contributed by atoms with E-state index in [-0.39, 0.29) is 0 Å². The number of aromatic nitrogens is 2. The Kier molecular flexibility index (Phi) is 4.67. The van der Waals surface area contributed by atoms with Gasteiger partial charge in [-0.25, -0.2) is 9.48 Å². The molecule has 0 aliphatic rings. The van der Waals surface area contributed by atoms with E-state index in [1.54, 1.807) is 35.0 Å². The zero-order chi connectivity index (χ0) is 17.1. The molecular weight excluding hydrogens is 324 g/mol. The predicted octanol–water partition coefficient (Wildman–Crippen LogP) is 4.62. The molecule has 0 bridgehead atoms. The van der Waals surface area contributed by atoms with Crippen LogP contribution in [0.3, 0.4) is 0 Å². The van der Waals surface area contributed by atoms with Crippen molar-refractivity contribution in [1.82, 2.24) is 9.78 Å². The summed E-state index contributed by atoms with van der Waals surface area (Å²) in [6.45, 7) is 3.97. The molecule has 1 heterocycles. The van der Waals surface area contributed by atoms with Crippen LogP contribution in [0.4, 0.5) is 0 Å². The fraction of sp³-hybridized carbons (Fsp3) is 0.158. The minimum Gasteiger partial charge on any atom is -0.404 e. The summed E-state index contributed by atoms with van der Waals surface area (Å²) in [6, 6.07) is 16.3. The Morgan fingerprint density at radius 2 is 1.79 bits per heavy atom. The highest BCUT2D eigenvalue weighted by atomic mass is 35.5. The quantitative estimate of drug-likeness (QED) is 0.651. The number of carbonyl (C=O) groups is 1. The summed E-state index contributed by atoms with van der Waals surface area (Å²) in [5, 5.41) is 5.12. The van der Waals surface area contributed by atoms with Gasteiger partial charge in [-0.3, -0.25) is 0 Å². The maximum absolute atomic E-state index is 12.4. The largest absolute Gasteiger partial charge is 0.404 e. The topological polar surface area (TPSA) is 44.1 Å². The lowest BCUT2D eigenvalue weighted by atomic mass is 10.1. The fourth-order valence-electron chi connectivity index (χ4n) is 2.27. The molecule has 0 N–H and O–H groups in total. The van der Waals surface area contributed by atoms with Crippen molar-refractivity contribution in [3.63, 3.8) is 0 Å². The minimum atomic E-state index is -0.409. The summed E-state index contributed by atoms with van der Waals surface area (Å²) in [4.78, 5) is 12.4. The van der Waals surface area contributed by atoms with Gasteiger partial charge in [0.05, 0.1) is 16.9 Å². The molecule has 3 aromatic rings. The van der Waals surface area contributed by atoms with Crippen LogP contribution in [0.15, 0.2) is 54.6 Å². The van der Waals surface area contributed by atoms with Crippen molar-refractivity contribution in [2.75, 3.05) is 0 Å². The lowest BCUT2D eigenvalue weighted by molar-refractivity contribution is 0.0723. The Morgan fingerprint density at radius 1 is 1.12 bits per heavy atom. The zero-order valence-corrected chi connectivity index (χ0v) is 14.2. The number of ether oxygens (including phenoxy) is 1. The number of carbonyl (C=O) groups excluding carboxylic acids is 1. The van der Waals surface area contributed by atoms with Crippen molar-refractivity contribution >= 4 is 17.6 Å². The number of benzene rings is 2. The van der Waals surface area contributed by atoms with Gasteiger partial charge < -0.3 is 4.74 Å². The van der Waals surface area contributed by atoms with Gasteiger partial charge in [0.15, 0.2) is 0 Å². The molecule has 122 valence electrons. The summed E-state index contributed by atoms with van der Waals surface area (Å²) in [6.07, 6.45) is 0.746. The lowest BCUT2D eigenvalue weighted by Gasteiger charge is -2.08. The molecule has 0 aliphatic carbocycles. The van der Waals surface area contributed by atoms with Gasteiger partial charge in [-0.1, -0.05) is 36.2 Å². The summed E-state index contributed by atoms with van der Waals surface area (Å²) in [7, 11) is 0. The second-order valence-electron chi connectivity index (χ2n) is 5.47. The van der Waals surface area contributed by atoms with Gasteiger partial charge in [-0.2, -0.15) is 5.10 Å². The van der Waals surface area contributed by atoms with E-state index < -0.39 is 5.97 Å². The minimum absolute atomic E-state index is 0.389. The fourth-order valence-corrected chi connectivity index (χ4v) is 2.39. The average molecular weight is 341 g/mol. The maximum Gasteiger partial charge on any atom is 0.344 e. The van der Waals surface area contributed by atoms with Crippen LogP contribution >= 0.6 is 11.6 Å². The molecule has 0 radical (unpaired) electrons. The van der Waals surface area contributed by atoms with Crippen LogP contribution in [-0.2, 0) is 6.42 Å². The molecule has 0 atom stereocenters. The molecule has 0 spiro atoms. The maximum atomic E-state index is 12.4. The van der Waals surface area contributed by atoms with E-state index in [9.17, 15) is 4.79 Å². The van der Waals surface area contributed by atoms with Crippen molar-refractivity contribution < 1.29 is 9.53 Å². The smallest absolute Gasteiger partial charge is 0.344 e. The molecule has 0 saturated carbocycles. The van der Waals surface area contributed by atoms with E-state index in [1.807, 2.05) is 38.1 Å². The van der Waals surface area contributed by atoms with Crippen molar-refractivity contribution in [3.8, 4) is 11.6 Å². The van der Waals surface area contributed by atoms with Crippen LogP contribution in [0.25, 0.3) is 5.69 Å². The van der Waals surface area contributed by atoms with Gasteiger partial charge >= 0.3 is 5.97 Å². The highest BCUT2D eigenvalue weighted by molar-refractivity contribution is 6.30. The molecule has 0 unspecified atom stereocenters. The van der Waals surface area contributed by atoms with Crippen molar-refractivity contribution in [3.05, 3.63) is 76.4 Å². The van der Waals surface area contributed by atoms with Crippen LogP contribution in [-0.4, -0.2) is 15.7 Å². The molecule has 0 fully saturated rings. The first kappa shape index (κ1) is 16.3. The number of aryl methyl sites for hydroxylation is 2. The van der Waals surface area contributed by atoms with Gasteiger partial charge in [0, 0.05) is 11.1 Å². The molecule has 0 saturated heterocycles. The molecule has 0 aliphatic heterocycles. The monoisotopic (exact) mass is 340 g/mol. The number of rotatable bonds is 4. The number of nitrogens with zero attached hydrogens (tertiary/aromatic N) is 2. The zero-order valence-electron chi connectivity index (χ0n) is 13.5. The normalized spacial score (nSPS) is 10.6. The SMILES string of the molecule is CCc1cc(OC(=O)c2ccc(C)cc2)n(-c2ccc(Cl)cc2)n1. The van der Waals surface area contributed by atoms with Crippen LogP contribution in [0, 0.1) is 6.92 Å². The third kappa shape index (κ3) is 3.49. The second kappa shape index (κ2) is 6.89. The number of hydrogen-bond acceptors (Lipinski definition) is 3. The second-order valence-corrected chi connectivity index (χ2v) is 5.91. The molecule has 1 aromatic heterocycles. The standard InChI is InChI=1S/C19H17ClN2O2/c1-3-16-12-18(22(21-16)17-10-8-15(20)9-11-17)24-19(23)14-6-4-13(2)5-7-14/h4-12H,3H2,1-2H3. The summed E-state index contributed by atoms with van der Waals surface area (Å²) >= 11 is 5.93. The highest BCUT2D eigenvalue weighted by Gasteiger charge is 2.15. The van der Waals surface area contributed by atoms with Crippen molar-refractivity contribution in [1.29, 1.82) is 0 Å². The van der Waals surface area contributed by atoms with E-state index in [0.29, 0.717) is 16.5 Å². The molecule has 2 aromatic carbocycles. The van der Waals surface area contributed by atoms with Crippen molar-refractivity contribution in [2.45, 2.75) is 20.3 Å². The summed E-state index contributed by atoms with van der Waals surface area (Å²) < 4.78 is 7.18. The molecule has 3 rings (SSSR count). The first-order chi connectivity index (χ1) is 11.6. The van der Waals surface area contributed by atoms with Crippen LogP contribution in [0.2, 0.25) is 5.02 Å². The first-order valence-corrected chi connectivity index (χ1v) is 8.08. The summed E-state index contributed by atoms with van der Waals surface area (Å²) in [5.41, 5.74) is 3.22. The van der Waals surface area contributed by atoms with E-state index in [1.165, 1.54) is 0 Å². The van der Waals surface area contributed by atoms with Crippen LogP contribution in [0.1, 0.15) is 28.5 Å². The van der Waals surface area contributed by atoms with Gasteiger partial charge in [0.25, 0.3) is 0 Å². The van der Waals surface area contributed by atoms with Gasteiger partial charge in [-0.05, 0) is 49.7 Å². The molecule has 0 amide bonds. The van der Waals surface area contributed by atoms with E-state index >= 15 is 0 Å². The number of halogens is 1. The van der Waals surface area contributed by atoms with E-state index in [2.05, 4.69) is 5.10 Å². The Hall–Kier alpha value is -2.59. The Balaban J connectivity index is 1.92. The highest BCUT2D eigenvalue weighted by Crippen LogP contribution is 2.22. The van der Waals surface area contributed by atoms with E-state index in [0.717, 1.165) is 23.4 Å². The van der Waals surface area contributed by atoms with Crippen LogP contribution < -0.4 is 4.74 Å². The Morgan fingerprint density at radius 3 is 2.42 bits per heavy atom. The molecular formula is C19H17ClN2O2. The third-order valence-electron chi connectivity index (χ3n) is 3.65.